The van der Waals surface area contributed by atoms with Gasteiger partial charge in [0.25, 0.3) is 0 Å². The van der Waals surface area contributed by atoms with Gasteiger partial charge in [-0.3, -0.25) is 4.79 Å². The van der Waals surface area contributed by atoms with E-state index in [1.165, 1.54) is 0 Å². The minimum Gasteiger partial charge on any atom is -0.462 e. The first kappa shape index (κ1) is 11.5. The van der Waals surface area contributed by atoms with Crippen molar-refractivity contribution in [2.24, 2.45) is 11.8 Å². The van der Waals surface area contributed by atoms with E-state index >= 15 is 0 Å². The van der Waals surface area contributed by atoms with Crippen molar-refractivity contribution in [3.63, 3.8) is 0 Å². The van der Waals surface area contributed by atoms with E-state index in [1.54, 1.807) is 0 Å². The van der Waals surface area contributed by atoms with Crippen LogP contribution in [0.1, 0.15) is 34.6 Å². The number of rotatable bonds is 4. The maximum Gasteiger partial charge on any atom is 0.309 e. The minimum absolute atomic E-state index is 0.00704. The third-order valence-corrected chi connectivity index (χ3v) is 2.14. The van der Waals surface area contributed by atoms with Crippen LogP contribution < -0.4 is 0 Å². The minimum atomic E-state index is -0.101. The predicted molar refractivity (Wildman–Crippen MR) is 49.5 cm³/mol. The molecule has 0 aliphatic heterocycles. The molecule has 0 aliphatic rings. The summed E-state index contributed by atoms with van der Waals surface area (Å²) >= 11 is 0. The highest BCUT2D eigenvalue weighted by atomic mass is 16.5. The van der Waals surface area contributed by atoms with Gasteiger partial charge in [0.15, 0.2) is 0 Å². The molecule has 12 heavy (non-hydrogen) atoms. The lowest BCUT2D eigenvalue weighted by Gasteiger charge is -2.17. The molecule has 0 amide bonds. The van der Waals surface area contributed by atoms with Gasteiger partial charge in [-0.15, -0.1) is 0 Å². The first-order valence-corrected chi connectivity index (χ1v) is 4.49. The number of carbonyl (C=O) groups is 1. The molecule has 0 aromatic heterocycles. The monoisotopic (exact) mass is 171 g/mol. The third-order valence-electron chi connectivity index (χ3n) is 2.14. The van der Waals surface area contributed by atoms with E-state index in [0.717, 1.165) is 0 Å². The standard InChI is InChI=1S/C10H19O2/c1-6-8(4)12-10(11)9(5)7(2)3/h6-9H,1-5H3/t8-,9-/m1/s1. The van der Waals surface area contributed by atoms with Gasteiger partial charge in [0.2, 0.25) is 0 Å². The summed E-state index contributed by atoms with van der Waals surface area (Å²) in [6.07, 6.45) is 1.80. The van der Waals surface area contributed by atoms with Crippen molar-refractivity contribution in [1.29, 1.82) is 0 Å². The Hall–Kier alpha value is -0.530. The lowest BCUT2D eigenvalue weighted by atomic mass is 9.98. The predicted octanol–water partition coefficient (Wildman–Crippen LogP) is 2.43. The molecule has 0 aliphatic carbocycles. The normalized spacial score (nSPS) is 15.8. The first-order valence-electron chi connectivity index (χ1n) is 4.49. The van der Waals surface area contributed by atoms with E-state index in [1.807, 2.05) is 41.0 Å². The van der Waals surface area contributed by atoms with Crippen molar-refractivity contribution in [2.45, 2.75) is 40.7 Å². The number of hydrogen-bond donors (Lipinski definition) is 0. The lowest BCUT2D eigenvalue weighted by Crippen LogP contribution is -2.23. The van der Waals surface area contributed by atoms with Gasteiger partial charge in [-0.25, -0.2) is 0 Å². The zero-order valence-electron chi connectivity index (χ0n) is 8.63. The van der Waals surface area contributed by atoms with Gasteiger partial charge in [-0.2, -0.15) is 0 Å². The molecule has 0 heterocycles. The van der Waals surface area contributed by atoms with Crippen molar-refractivity contribution < 1.29 is 9.53 Å². The molecule has 0 saturated heterocycles. The highest BCUT2D eigenvalue weighted by Crippen LogP contribution is 2.12. The van der Waals surface area contributed by atoms with Crippen LogP contribution in [0.15, 0.2) is 0 Å². The summed E-state index contributed by atoms with van der Waals surface area (Å²) in [7, 11) is 0. The lowest BCUT2D eigenvalue weighted by molar-refractivity contribution is -0.152. The van der Waals surface area contributed by atoms with Crippen LogP contribution in [0.3, 0.4) is 0 Å². The van der Waals surface area contributed by atoms with E-state index in [4.69, 9.17) is 4.74 Å². The molecule has 2 nitrogen and oxygen atoms in total. The molecule has 2 atom stereocenters. The molecule has 0 unspecified atom stereocenters. The smallest absolute Gasteiger partial charge is 0.309 e. The number of carbonyl (C=O) groups excluding carboxylic acids is 1. The summed E-state index contributed by atoms with van der Waals surface area (Å²) in [6.45, 7) is 9.69. The Morgan fingerprint density at radius 1 is 1.25 bits per heavy atom. The molecular formula is C10H19O2. The molecule has 0 aromatic carbocycles. The highest BCUT2D eigenvalue weighted by molar-refractivity contribution is 5.72. The summed E-state index contributed by atoms with van der Waals surface area (Å²) in [5, 5.41) is 0. The third kappa shape index (κ3) is 3.74. The zero-order chi connectivity index (χ0) is 9.72. The Balaban J connectivity index is 3.87. The topological polar surface area (TPSA) is 26.3 Å². The fourth-order valence-corrected chi connectivity index (χ4v) is 0.631. The van der Waals surface area contributed by atoms with Crippen molar-refractivity contribution >= 4 is 5.97 Å². The quantitative estimate of drug-likeness (QED) is 0.607. The van der Waals surface area contributed by atoms with Gasteiger partial charge in [-0.1, -0.05) is 27.7 Å². The van der Waals surface area contributed by atoms with Crippen LogP contribution in [0.25, 0.3) is 0 Å². The second kappa shape index (κ2) is 5.18. The van der Waals surface area contributed by atoms with Gasteiger partial charge in [0.1, 0.15) is 6.10 Å². The average molecular weight is 171 g/mol. The van der Waals surface area contributed by atoms with Crippen LogP contribution in [-0.2, 0) is 9.53 Å². The Morgan fingerprint density at radius 2 is 1.75 bits per heavy atom. The fourth-order valence-electron chi connectivity index (χ4n) is 0.631. The molecule has 0 bridgehead atoms. The SMILES string of the molecule is C[CH][C@@H](C)OC(=O)[C@H](C)C(C)C. The average Bonchev–Trinajstić information content (AvgIpc) is 2.02. The number of hydrogen-bond acceptors (Lipinski definition) is 2. The first-order chi connectivity index (χ1) is 5.49. The summed E-state index contributed by atoms with van der Waals surface area (Å²) in [5.74, 6) is 0.240. The molecule has 0 spiro atoms. The summed E-state index contributed by atoms with van der Waals surface area (Å²) in [4.78, 5) is 11.3. The van der Waals surface area contributed by atoms with Gasteiger partial charge in [0, 0.05) is 0 Å². The van der Waals surface area contributed by atoms with Crippen molar-refractivity contribution in [3.05, 3.63) is 6.42 Å². The second-order valence-corrected chi connectivity index (χ2v) is 3.51. The van der Waals surface area contributed by atoms with Gasteiger partial charge in [0.05, 0.1) is 5.92 Å². The van der Waals surface area contributed by atoms with E-state index in [0.29, 0.717) is 5.92 Å². The van der Waals surface area contributed by atoms with Crippen LogP contribution >= 0.6 is 0 Å². The zero-order valence-corrected chi connectivity index (χ0v) is 8.63. The van der Waals surface area contributed by atoms with Crippen LogP contribution in [0.2, 0.25) is 0 Å². The fraction of sp³-hybridized carbons (Fsp3) is 0.800. The van der Waals surface area contributed by atoms with Crippen molar-refractivity contribution in [1.82, 2.24) is 0 Å². The second-order valence-electron chi connectivity index (χ2n) is 3.51. The molecular weight excluding hydrogens is 152 g/mol. The van der Waals surface area contributed by atoms with E-state index in [9.17, 15) is 4.79 Å². The van der Waals surface area contributed by atoms with E-state index in [2.05, 4.69) is 0 Å². The molecule has 1 radical (unpaired) electrons. The maximum absolute atomic E-state index is 11.3. The molecule has 0 rings (SSSR count). The van der Waals surface area contributed by atoms with Crippen molar-refractivity contribution in [2.75, 3.05) is 0 Å². The molecule has 0 aromatic rings. The number of ether oxygens (including phenoxy) is 1. The van der Waals surface area contributed by atoms with Gasteiger partial charge in [-0.05, 0) is 19.3 Å². The molecule has 0 fully saturated rings. The van der Waals surface area contributed by atoms with Crippen LogP contribution in [0, 0.1) is 18.3 Å². The van der Waals surface area contributed by atoms with E-state index < -0.39 is 0 Å². The Labute approximate surface area is 75.3 Å². The molecule has 2 heteroatoms. The molecule has 71 valence electrons. The number of esters is 1. The molecule has 0 N–H and O–H groups in total. The van der Waals surface area contributed by atoms with E-state index in [-0.39, 0.29) is 18.0 Å². The molecule has 0 saturated carbocycles. The summed E-state index contributed by atoms with van der Waals surface area (Å²) in [5.41, 5.74) is 0. The highest BCUT2D eigenvalue weighted by Gasteiger charge is 2.19. The Bertz CT molecular complexity index is 141. The maximum atomic E-state index is 11.3. The van der Waals surface area contributed by atoms with Crippen LogP contribution in [0.5, 0.6) is 0 Å². The van der Waals surface area contributed by atoms with Gasteiger partial charge < -0.3 is 4.74 Å². The van der Waals surface area contributed by atoms with Gasteiger partial charge >= 0.3 is 5.97 Å². The van der Waals surface area contributed by atoms with Crippen molar-refractivity contribution in [3.8, 4) is 0 Å². The van der Waals surface area contributed by atoms with Crippen LogP contribution in [-0.4, -0.2) is 12.1 Å². The largest absolute Gasteiger partial charge is 0.462 e. The van der Waals surface area contributed by atoms with Crippen LogP contribution in [0.4, 0.5) is 0 Å². The summed E-state index contributed by atoms with van der Waals surface area (Å²) in [6, 6.07) is 0. The summed E-state index contributed by atoms with van der Waals surface area (Å²) < 4.78 is 5.13. The Morgan fingerprint density at radius 3 is 2.08 bits per heavy atom. The Kier molecular flexibility index (Phi) is 4.95.